The maximum absolute atomic E-state index is 9.31. The predicted octanol–water partition coefficient (Wildman–Crippen LogP) is 2.46. The summed E-state index contributed by atoms with van der Waals surface area (Å²) in [6, 6.07) is 14.3. The molecule has 4 rings (SSSR count). The van der Waals surface area contributed by atoms with Crippen LogP contribution in [-0.2, 0) is 0 Å². The Labute approximate surface area is 132 Å². The van der Waals surface area contributed by atoms with Crippen molar-refractivity contribution in [2.45, 2.75) is 6.10 Å². The minimum absolute atomic E-state index is 0.200. The van der Waals surface area contributed by atoms with E-state index in [1.165, 1.54) is 0 Å². The highest BCUT2D eigenvalue weighted by Gasteiger charge is 2.18. The summed E-state index contributed by atoms with van der Waals surface area (Å²) in [6.07, 6.45) is 0.257. The standard InChI is InChI=1S/C17H15N3O3/c21-13-5-1-12(2-6-13)17-19-16(20-23-17)11-3-7-14(8-4-11)22-15-9-18-10-15/h1-8,15,18,21H,9-10H2. The summed E-state index contributed by atoms with van der Waals surface area (Å²) in [4.78, 5) is 4.39. The van der Waals surface area contributed by atoms with Crippen LogP contribution < -0.4 is 10.1 Å². The van der Waals surface area contributed by atoms with Gasteiger partial charge in [0.15, 0.2) is 0 Å². The van der Waals surface area contributed by atoms with Gasteiger partial charge in [-0.1, -0.05) is 5.16 Å². The maximum atomic E-state index is 9.31. The van der Waals surface area contributed by atoms with Crippen molar-refractivity contribution < 1.29 is 14.4 Å². The Kier molecular flexibility index (Phi) is 3.44. The highest BCUT2D eigenvalue weighted by molar-refractivity contribution is 5.60. The SMILES string of the molecule is Oc1ccc(-c2nc(-c3ccc(OC4CNC4)cc3)no2)cc1. The van der Waals surface area contributed by atoms with Gasteiger partial charge in [0.2, 0.25) is 5.82 Å². The highest BCUT2D eigenvalue weighted by atomic mass is 16.5. The third-order valence-corrected chi connectivity index (χ3v) is 3.70. The first kappa shape index (κ1) is 13.8. The molecule has 2 aromatic carbocycles. The average molecular weight is 309 g/mol. The molecule has 0 saturated carbocycles. The highest BCUT2D eigenvalue weighted by Crippen LogP contribution is 2.25. The molecule has 0 amide bonds. The number of ether oxygens (including phenoxy) is 1. The van der Waals surface area contributed by atoms with Gasteiger partial charge in [-0.25, -0.2) is 0 Å². The zero-order chi connectivity index (χ0) is 15.6. The van der Waals surface area contributed by atoms with E-state index in [4.69, 9.17) is 9.26 Å². The molecular weight excluding hydrogens is 294 g/mol. The fourth-order valence-electron chi connectivity index (χ4n) is 2.28. The fourth-order valence-corrected chi connectivity index (χ4v) is 2.28. The lowest BCUT2D eigenvalue weighted by Crippen LogP contribution is -2.50. The number of phenols is 1. The summed E-state index contributed by atoms with van der Waals surface area (Å²) in [5, 5.41) is 16.5. The van der Waals surface area contributed by atoms with E-state index in [1.54, 1.807) is 24.3 Å². The van der Waals surface area contributed by atoms with Gasteiger partial charge in [-0.3, -0.25) is 0 Å². The van der Waals surface area contributed by atoms with E-state index in [-0.39, 0.29) is 11.9 Å². The Hall–Kier alpha value is -2.86. The second-order valence-electron chi connectivity index (χ2n) is 5.39. The summed E-state index contributed by atoms with van der Waals surface area (Å²) >= 11 is 0. The average Bonchev–Trinajstić information content (AvgIpc) is 3.02. The van der Waals surface area contributed by atoms with Crippen LogP contribution in [0.2, 0.25) is 0 Å². The van der Waals surface area contributed by atoms with Gasteiger partial charge < -0.3 is 19.7 Å². The van der Waals surface area contributed by atoms with Crippen molar-refractivity contribution in [2.24, 2.45) is 0 Å². The molecule has 6 nitrogen and oxygen atoms in total. The van der Waals surface area contributed by atoms with Crippen LogP contribution in [0.25, 0.3) is 22.8 Å². The Morgan fingerprint density at radius 1 is 1.00 bits per heavy atom. The van der Waals surface area contributed by atoms with E-state index >= 15 is 0 Å². The summed E-state index contributed by atoms with van der Waals surface area (Å²) < 4.78 is 11.1. The number of aromatic nitrogens is 2. The van der Waals surface area contributed by atoms with Crippen molar-refractivity contribution in [3.8, 4) is 34.3 Å². The van der Waals surface area contributed by atoms with Crippen LogP contribution in [0, 0.1) is 0 Å². The molecule has 3 aromatic rings. The van der Waals surface area contributed by atoms with Crippen LogP contribution in [-0.4, -0.2) is 34.4 Å². The maximum Gasteiger partial charge on any atom is 0.258 e. The molecule has 0 unspecified atom stereocenters. The molecule has 2 heterocycles. The van der Waals surface area contributed by atoms with Crippen LogP contribution in [0.3, 0.4) is 0 Å². The summed E-state index contributed by atoms with van der Waals surface area (Å²) in [6.45, 7) is 1.78. The van der Waals surface area contributed by atoms with E-state index < -0.39 is 0 Å². The Bertz CT molecular complexity index is 793. The Morgan fingerprint density at radius 2 is 1.70 bits per heavy atom. The predicted molar refractivity (Wildman–Crippen MR) is 84.1 cm³/mol. The van der Waals surface area contributed by atoms with Gasteiger partial charge in [-0.2, -0.15) is 4.98 Å². The second kappa shape index (κ2) is 5.73. The van der Waals surface area contributed by atoms with E-state index in [0.29, 0.717) is 11.7 Å². The zero-order valence-corrected chi connectivity index (χ0v) is 12.3. The molecule has 1 saturated heterocycles. The van der Waals surface area contributed by atoms with Crippen molar-refractivity contribution in [1.29, 1.82) is 0 Å². The van der Waals surface area contributed by atoms with Gasteiger partial charge >= 0.3 is 0 Å². The quantitative estimate of drug-likeness (QED) is 0.770. The molecule has 1 aliphatic rings. The molecule has 0 atom stereocenters. The molecule has 1 fully saturated rings. The molecule has 2 N–H and O–H groups in total. The third kappa shape index (κ3) is 2.89. The number of aromatic hydroxyl groups is 1. The van der Waals surface area contributed by atoms with Crippen LogP contribution in [0.1, 0.15) is 0 Å². The monoisotopic (exact) mass is 309 g/mol. The van der Waals surface area contributed by atoms with Crippen molar-refractivity contribution in [3.63, 3.8) is 0 Å². The first-order chi connectivity index (χ1) is 11.3. The first-order valence-corrected chi connectivity index (χ1v) is 7.39. The van der Waals surface area contributed by atoms with E-state index in [2.05, 4.69) is 15.5 Å². The molecular formula is C17H15N3O3. The summed E-state index contributed by atoms with van der Waals surface area (Å²) in [5.41, 5.74) is 1.62. The topological polar surface area (TPSA) is 80.4 Å². The van der Waals surface area contributed by atoms with E-state index in [1.807, 2.05) is 24.3 Å². The van der Waals surface area contributed by atoms with Gasteiger partial charge in [-0.15, -0.1) is 0 Å². The van der Waals surface area contributed by atoms with Gasteiger partial charge in [0, 0.05) is 24.2 Å². The smallest absolute Gasteiger partial charge is 0.258 e. The van der Waals surface area contributed by atoms with Gasteiger partial charge in [-0.05, 0) is 48.5 Å². The van der Waals surface area contributed by atoms with E-state index in [9.17, 15) is 5.11 Å². The molecule has 0 bridgehead atoms. The Morgan fingerprint density at radius 3 is 2.35 bits per heavy atom. The number of phenolic OH excluding ortho intramolecular Hbond substituents is 1. The fraction of sp³-hybridized carbons (Fsp3) is 0.176. The lowest BCUT2D eigenvalue weighted by atomic mass is 10.2. The zero-order valence-electron chi connectivity index (χ0n) is 12.3. The molecule has 1 aliphatic heterocycles. The van der Waals surface area contributed by atoms with Gasteiger partial charge in [0.1, 0.15) is 17.6 Å². The summed E-state index contributed by atoms with van der Waals surface area (Å²) in [7, 11) is 0. The molecule has 0 aliphatic carbocycles. The minimum Gasteiger partial charge on any atom is -0.508 e. The molecule has 6 heteroatoms. The lowest BCUT2D eigenvalue weighted by molar-refractivity contribution is 0.142. The van der Waals surface area contributed by atoms with Gasteiger partial charge in [0.05, 0.1) is 0 Å². The van der Waals surface area contributed by atoms with Crippen LogP contribution in [0.5, 0.6) is 11.5 Å². The van der Waals surface area contributed by atoms with Crippen molar-refractivity contribution in [2.75, 3.05) is 13.1 Å². The van der Waals surface area contributed by atoms with Crippen molar-refractivity contribution in [1.82, 2.24) is 15.5 Å². The molecule has 23 heavy (non-hydrogen) atoms. The number of benzene rings is 2. The molecule has 0 radical (unpaired) electrons. The lowest BCUT2D eigenvalue weighted by Gasteiger charge is -2.27. The second-order valence-corrected chi connectivity index (χ2v) is 5.39. The van der Waals surface area contributed by atoms with Gasteiger partial charge in [0.25, 0.3) is 5.89 Å². The van der Waals surface area contributed by atoms with E-state index in [0.717, 1.165) is 30.0 Å². The van der Waals surface area contributed by atoms with Crippen molar-refractivity contribution >= 4 is 0 Å². The normalized spacial score (nSPS) is 14.4. The number of hydrogen-bond donors (Lipinski definition) is 2. The number of hydrogen-bond acceptors (Lipinski definition) is 6. The molecule has 0 spiro atoms. The number of nitrogens with one attached hydrogen (secondary N) is 1. The number of nitrogens with zero attached hydrogens (tertiary/aromatic N) is 2. The largest absolute Gasteiger partial charge is 0.508 e. The van der Waals surface area contributed by atoms with Crippen LogP contribution in [0.4, 0.5) is 0 Å². The van der Waals surface area contributed by atoms with Crippen LogP contribution >= 0.6 is 0 Å². The van der Waals surface area contributed by atoms with Crippen molar-refractivity contribution in [3.05, 3.63) is 48.5 Å². The molecule has 116 valence electrons. The number of rotatable bonds is 4. The molecule has 1 aromatic heterocycles. The minimum atomic E-state index is 0.200. The first-order valence-electron chi connectivity index (χ1n) is 7.39. The van der Waals surface area contributed by atoms with Crippen LogP contribution in [0.15, 0.2) is 53.1 Å². The summed E-state index contributed by atoms with van der Waals surface area (Å²) in [5.74, 6) is 1.97. The third-order valence-electron chi connectivity index (χ3n) is 3.70. The Balaban J connectivity index is 1.52.